The lowest BCUT2D eigenvalue weighted by molar-refractivity contribution is -0.585. The van der Waals surface area contributed by atoms with Gasteiger partial charge in [-0.05, 0) is 78.1 Å². The summed E-state index contributed by atoms with van der Waals surface area (Å²) in [5, 5.41) is 4.68. The number of nitrogens with one attached hydrogen (secondary N) is 1. The molecule has 0 aliphatic rings. The molecule has 0 aliphatic carbocycles. The van der Waals surface area contributed by atoms with Crippen molar-refractivity contribution in [1.29, 1.82) is 0 Å². The van der Waals surface area contributed by atoms with Crippen molar-refractivity contribution in [1.82, 2.24) is 9.73 Å². The Morgan fingerprint density at radius 2 is 1.56 bits per heavy atom. The van der Waals surface area contributed by atoms with E-state index < -0.39 is 0 Å². The summed E-state index contributed by atoms with van der Waals surface area (Å²) in [5.41, 5.74) is 8.79. The number of hydrogen-bond donors (Lipinski definition) is 1. The van der Waals surface area contributed by atoms with Crippen LogP contribution in [0.4, 0.5) is 4.39 Å². The van der Waals surface area contributed by atoms with Gasteiger partial charge in [0.25, 0.3) is 0 Å². The monoisotopic (exact) mass is 464 g/mol. The third-order valence-corrected chi connectivity index (χ3v) is 7.23. The van der Waals surface area contributed by atoms with Gasteiger partial charge in [0.1, 0.15) is 5.82 Å². The van der Waals surface area contributed by atoms with Crippen molar-refractivity contribution < 1.29 is 8.91 Å². The van der Waals surface area contributed by atoms with Crippen molar-refractivity contribution >= 4 is 22.8 Å². The highest BCUT2D eigenvalue weighted by Gasteiger charge is 2.31. The first-order valence-electron chi connectivity index (χ1n) is 11.2. The first-order chi connectivity index (χ1) is 16.6. The van der Waals surface area contributed by atoms with Crippen LogP contribution in [0, 0.1) is 19.7 Å². The van der Waals surface area contributed by atoms with E-state index in [4.69, 9.17) is 0 Å². The average Bonchev–Trinajstić information content (AvgIpc) is 3.37. The first kappa shape index (κ1) is 20.8. The number of nitrogens with zero attached hydrogens (tertiary/aromatic N) is 2. The lowest BCUT2D eigenvalue weighted by Gasteiger charge is -2.10. The summed E-state index contributed by atoms with van der Waals surface area (Å²) in [5.74, 6) is -0.240. The zero-order valence-electron chi connectivity index (χ0n) is 18.9. The van der Waals surface area contributed by atoms with Gasteiger partial charge in [0, 0.05) is 10.5 Å². The van der Waals surface area contributed by atoms with Crippen LogP contribution in [0.3, 0.4) is 0 Å². The lowest BCUT2D eigenvalue weighted by atomic mass is 9.96. The molecule has 0 radical (unpaired) electrons. The second-order valence-corrected chi connectivity index (χ2v) is 9.58. The van der Waals surface area contributed by atoms with Crippen LogP contribution >= 0.6 is 11.8 Å². The van der Waals surface area contributed by atoms with Crippen LogP contribution in [0.25, 0.3) is 33.4 Å². The summed E-state index contributed by atoms with van der Waals surface area (Å²) < 4.78 is 18.3. The number of H-pyrrole nitrogens is 1. The van der Waals surface area contributed by atoms with Crippen molar-refractivity contribution in [2.75, 3.05) is 0 Å². The molecule has 0 spiro atoms. The molecule has 0 unspecified atom stereocenters. The molecule has 0 saturated heterocycles. The summed E-state index contributed by atoms with van der Waals surface area (Å²) in [6.45, 7) is 4.27. The van der Waals surface area contributed by atoms with E-state index in [2.05, 4.69) is 82.7 Å². The molecule has 2 aromatic heterocycles. The molecule has 4 aromatic carbocycles. The van der Waals surface area contributed by atoms with E-state index in [0.717, 1.165) is 37.8 Å². The van der Waals surface area contributed by atoms with Crippen LogP contribution in [0.2, 0.25) is 0 Å². The van der Waals surface area contributed by atoms with Crippen molar-refractivity contribution in [2.45, 2.75) is 23.8 Å². The van der Waals surface area contributed by atoms with Gasteiger partial charge in [0.2, 0.25) is 5.52 Å². The average molecular weight is 465 g/mol. The largest absolute Gasteiger partial charge is 0.207 e. The van der Waals surface area contributed by atoms with Crippen molar-refractivity contribution in [3.05, 3.63) is 114 Å². The minimum Gasteiger partial charge on any atom is -0.207 e. The van der Waals surface area contributed by atoms with Crippen LogP contribution in [0.15, 0.2) is 107 Å². The SMILES string of the molecule is Cc1ccc(C)c(-c2c(Sc3ccccc3)n3[nH]c4ccccc4[n+]3c2-c2ccc(F)cc2)c1. The van der Waals surface area contributed by atoms with Crippen molar-refractivity contribution in [3.8, 4) is 22.4 Å². The Morgan fingerprint density at radius 3 is 2.35 bits per heavy atom. The molecule has 5 heteroatoms. The van der Waals surface area contributed by atoms with Gasteiger partial charge < -0.3 is 0 Å². The van der Waals surface area contributed by atoms with Crippen molar-refractivity contribution in [2.24, 2.45) is 0 Å². The number of para-hydroxylation sites is 2. The smallest absolute Gasteiger partial charge is 0.202 e. The number of fused-ring (bicyclic) bond motifs is 3. The fraction of sp³-hybridized carbons (Fsp3) is 0.0690. The summed E-state index contributed by atoms with van der Waals surface area (Å²) in [7, 11) is 0. The number of halogens is 1. The molecule has 2 heterocycles. The Bertz CT molecular complexity index is 1650. The number of hydrogen-bond acceptors (Lipinski definition) is 1. The lowest BCUT2D eigenvalue weighted by Crippen LogP contribution is -2.28. The van der Waals surface area contributed by atoms with E-state index >= 15 is 0 Å². The molecule has 34 heavy (non-hydrogen) atoms. The van der Waals surface area contributed by atoms with E-state index in [1.54, 1.807) is 11.8 Å². The maximum atomic E-state index is 13.9. The van der Waals surface area contributed by atoms with Crippen molar-refractivity contribution in [3.63, 3.8) is 0 Å². The van der Waals surface area contributed by atoms with Gasteiger partial charge in [-0.15, -0.1) is 4.52 Å². The van der Waals surface area contributed by atoms with Crippen LogP contribution < -0.4 is 4.52 Å². The molecule has 1 N–H and O–H groups in total. The molecule has 6 rings (SSSR count). The number of benzene rings is 4. The molecule has 0 bridgehead atoms. The quantitative estimate of drug-likeness (QED) is 0.273. The van der Waals surface area contributed by atoms with Gasteiger partial charge in [0.05, 0.1) is 5.56 Å². The molecule has 0 amide bonds. The molecule has 6 aromatic rings. The van der Waals surface area contributed by atoms with Gasteiger partial charge in [-0.2, -0.15) is 5.10 Å². The maximum Gasteiger partial charge on any atom is 0.202 e. The highest BCUT2D eigenvalue weighted by Crippen LogP contribution is 2.42. The van der Waals surface area contributed by atoms with Gasteiger partial charge in [-0.3, -0.25) is 0 Å². The Hall–Kier alpha value is -3.83. The summed E-state index contributed by atoms with van der Waals surface area (Å²) >= 11 is 1.72. The van der Waals surface area contributed by atoms with Gasteiger partial charge in [0.15, 0.2) is 16.2 Å². The fourth-order valence-electron chi connectivity index (χ4n) is 4.52. The zero-order valence-corrected chi connectivity index (χ0v) is 19.7. The molecule has 0 atom stereocenters. The minimum absolute atomic E-state index is 0.240. The summed E-state index contributed by atoms with van der Waals surface area (Å²) in [4.78, 5) is 1.15. The van der Waals surface area contributed by atoms with E-state index in [1.165, 1.54) is 28.8 Å². The molecular weight excluding hydrogens is 441 g/mol. The van der Waals surface area contributed by atoms with E-state index in [-0.39, 0.29) is 5.82 Å². The molecule has 0 saturated carbocycles. The Morgan fingerprint density at radius 1 is 0.824 bits per heavy atom. The second kappa shape index (κ2) is 8.19. The molecule has 0 aliphatic heterocycles. The number of aromatic amines is 1. The summed E-state index contributed by atoms with van der Waals surface area (Å²) in [6.07, 6.45) is 0. The van der Waals surface area contributed by atoms with Gasteiger partial charge >= 0.3 is 0 Å². The van der Waals surface area contributed by atoms with Crippen LogP contribution in [-0.4, -0.2) is 9.73 Å². The number of aryl methyl sites for hydroxylation is 2. The standard InChI is InChI=1S/C29H23FN3S/c1-19-12-13-20(2)24(18-19)27-28(21-14-16-22(30)17-15-21)32-26-11-7-6-10-25(26)31-33(32)29(27)34-23-8-4-3-5-9-23/h3-18,31H,1-2H3/q+1. The maximum absolute atomic E-state index is 13.9. The molecular formula is C29H23FN3S+. The predicted molar refractivity (Wildman–Crippen MR) is 136 cm³/mol. The Kier molecular flexibility index (Phi) is 5.00. The fourth-order valence-corrected chi connectivity index (χ4v) is 5.56. The molecule has 3 nitrogen and oxygen atoms in total. The Balaban J connectivity index is 1.78. The topological polar surface area (TPSA) is 24.3 Å². The Labute approximate surface area is 201 Å². The van der Waals surface area contributed by atoms with Crippen LogP contribution in [0.1, 0.15) is 11.1 Å². The number of rotatable bonds is 4. The van der Waals surface area contributed by atoms with Gasteiger partial charge in [-0.25, -0.2) is 4.39 Å². The third-order valence-electron chi connectivity index (χ3n) is 6.15. The van der Waals surface area contributed by atoms with Crippen LogP contribution in [0.5, 0.6) is 0 Å². The second-order valence-electron chi connectivity index (χ2n) is 8.52. The summed E-state index contributed by atoms with van der Waals surface area (Å²) in [6, 6.07) is 32.0. The van der Waals surface area contributed by atoms with E-state index in [1.807, 2.05) is 30.3 Å². The van der Waals surface area contributed by atoms with E-state index in [9.17, 15) is 4.39 Å². The van der Waals surface area contributed by atoms with Gasteiger partial charge in [-0.1, -0.05) is 65.9 Å². The minimum atomic E-state index is -0.240. The molecule has 166 valence electrons. The zero-order chi connectivity index (χ0) is 23.2. The van der Waals surface area contributed by atoms with Crippen LogP contribution in [-0.2, 0) is 0 Å². The highest BCUT2D eigenvalue weighted by atomic mass is 32.2. The molecule has 0 fully saturated rings. The normalized spacial score (nSPS) is 11.5. The number of aromatic nitrogens is 3. The van der Waals surface area contributed by atoms with E-state index in [0.29, 0.717) is 0 Å². The third kappa shape index (κ3) is 3.40. The predicted octanol–water partition coefficient (Wildman–Crippen LogP) is 7.25. The first-order valence-corrected chi connectivity index (χ1v) is 12.1. The highest BCUT2D eigenvalue weighted by molar-refractivity contribution is 7.99.